The molecule has 0 amide bonds. The van der Waals surface area contributed by atoms with Crippen molar-refractivity contribution in [2.24, 2.45) is 11.8 Å². The van der Waals surface area contributed by atoms with E-state index in [2.05, 4.69) is 35.3 Å². The van der Waals surface area contributed by atoms with Crippen molar-refractivity contribution >= 4 is 0 Å². The van der Waals surface area contributed by atoms with Crippen molar-refractivity contribution in [3.63, 3.8) is 0 Å². The molecule has 1 spiro atoms. The summed E-state index contributed by atoms with van der Waals surface area (Å²) in [6, 6.07) is 5.19. The van der Waals surface area contributed by atoms with E-state index in [1.165, 1.54) is 44.1 Å². The summed E-state index contributed by atoms with van der Waals surface area (Å²) in [7, 11) is 2.37. The quantitative estimate of drug-likeness (QED) is 0.759. The molecule has 0 N–H and O–H groups in total. The molecule has 2 saturated carbocycles. The van der Waals surface area contributed by atoms with Crippen LogP contribution in [0.3, 0.4) is 0 Å². The number of rotatable bonds is 2. The van der Waals surface area contributed by atoms with Crippen LogP contribution in [0.5, 0.6) is 0 Å². The van der Waals surface area contributed by atoms with E-state index in [-0.39, 0.29) is 0 Å². The van der Waals surface area contributed by atoms with Crippen LogP contribution >= 0.6 is 0 Å². The van der Waals surface area contributed by atoms with Gasteiger partial charge in [0.25, 0.3) is 0 Å². The molecule has 20 heavy (non-hydrogen) atoms. The molecular weight excluding hydrogens is 244 g/mol. The van der Waals surface area contributed by atoms with Crippen LogP contribution in [0.25, 0.3) is 0 Å². The monoisotopic (exact) mass is 272 g/mol. The van der Waals surface area contributed by atoms with Crippen LogP contribution in [-0.4, -0.2) is 28.5 Å². The second kappa shape index (κ2) is 5.48. The summed E-state index contributed by atoms with van der Waals surface area (Å²) in [4.78, 5) is 6.97. The van der Waals surface area contributed by atoms with Gasteiger partial charge in [-0.1, -0.05) is 26.3 Å². The first-order valence-electron chi connectivity index (χ1n) is 8.44. The van der Waals surface area contributed by atoms with Gasteiger partial charge >= 0.3 is 0 Å². The van der Waals surface area contributed by atoms with Crippen molar-refractivity contribution in [2.45, 2.75) is 64.0 Å². The largest absolute Gasteiger partial charge is 0.294 e. The lowest BCUT2D eigenvalue weighted by Crippen LogP contribution is -2.32. The Labute approximate surface area is 123 Å². The molecule has 4 rings (SSSR count). The maximum Gasteiger partial charge on any atom is 0.0396 e. The van der Waals surface area contributed by atoms with E-state index in [1.807, 2.05) is 20.0 Å². The third-order valence-corrected chi connectivity index (χ3v) is 5.91. The summed E-state index contributed by atoms with van der Waals surface area (Å²) < 4.78 is 0. The molecule has 2 nitrogen and oxygen atoms in total. The highest BCUT2D eigenvalue weighted by molar-refractivity contribution is 5.26. The minimum absolute atomic E-state index is 0.630. The Morgan fingerprint density at radius 1 is 1.30 bits per heavy atom. The van der Waals surface area contributed by atoms with E-state index in [0.717, 1.165) is 17.9 Å². The minimum atomic E-state index is 0.630. The molecule has 110 valence electrons. The van der Waals surface area contributed by atoms with E-state index in [1.54, 1.807) is 0 Å². The Morgan fingerprint density at radius 2 is 2.15 bits per heavy atom. The van der Waals surface area contributed by atoms with Gasteiger partial charge in [0.2, 0.25) is 0 Å². The van der Waals surface area contributed by atoms with Gasteiger partial charge in [-0.2, -0.15) is 0 Å². The van der Waals surface area contributed by atoms with Crippen LogP contribution in [0.4, 0.5) is 0 Å². The highest BCUT2D eigenvalue weighted by Crippen LogP contribution is 2.62. The number of hydrogen-bond acceptors (Lipinski definition) is 2. The molecule has 3 fully saturated rings. The fourth-order valence-corrected chi connectivity index (χ4v) is 5.19. The standard InChI is InChI=1S/C16H22N2.C2H6/c1-18-15-13(10-12-4-3-9-17-11-12)6-7-14-5-2-8-16(14,15)18;1-2/h3-4,9,11,13-15H,2,5-8,10H2,1H3;1-2H3. The van der Waals surface area contributed by atoms with Gasteiger partial charge < -0.3 is 0 Å². The summed E-state index contributed by atoms with van der Waals surface area (Å²) in [6.45, 7) is 4.00. The van der Waals surface area contributed by atoms with Crippen LogP contribution in [0.2, 0.25) is 0 Å². The van der Waals surface area contributed by atoms with Gasteiger partial charge in [-0.15, -0.1) is 0 Å². The molecule has 1 saturated heterocycles. The van der Waals surface area contributed by atoms with Crippen LogP contribution < -0.4 is 0 Å². The summed E-state index contributed by atoms with van der Waals surface area (Å²) in [5.74, 6) is 1.88. The first kappa shape index (κ1) is 14.1. The molecule has 0 aromatic carbocycles. The first-order chi connectivity index (χ1) is 9.82. The Morgan fingerprint density at radius 3 is 2.90 bits per heavy atom. The first-order valence-corrected chi connectivity index (χ1v) is 8.44. The number of aromatic nitrogens is 1. The zero-order valence-corrected chi connectivity index (χ0v) is 13.2. The smallest absolute Gasteiger partial charge is 0.0396 e. The van der Waals surface area contributed by atoms with E-state index < -0.39 is 0 Å². The van der Waals surface area contributed by atoms with Gasteiger partial charge in [-0.25, -0.2) is 0 Å². The topological polar surface area (TPSA) is 15.9 Å². The third-order valence-electron chi connectivity index (χ3n) is 5.91. The predicted octanol–water partition coefficient (Wildman–Crippen LogP) is 3.91. The van der Waals surface area contributed by atoms with Gasteiger partial charge in [0.05, 0.1) is 0 Å². The molecule has 5 unspecified atom stereocenters. The summed E-state index contributed by atoms with van der Waals surface area (Å²) in [5.41, 5.74) is 2.06. The highest BCUT2D eigenvalue weighted by atomic mass is 15.4. The van der Waals surface area contributed by atoms with E-state index >= 15 is 0 Å². The maximum atomic E-state index is 4.26. The van der Waals surface area contributed by atoms with Crippen LogP contribution in [-0.2, 0) is 6.42 Å². The molecule has 5 atom stereocenters. The van der Waals surface area contributed by atoms with E-state index in [4.69, 9.17) is 0 Å². The molecule has 1 aromatic heterocycles. The predicted molar refractivity (Wildman–Crippen MR) is 83.6 cm³/mol. The average Bonchev–Trinajstić information content (AvgIpc) is 2.90. The Hall–Kier alpha value is -0.890. The van der Waals surface area contributed by atoms with Crippen LogP contribution in [0.1, 0.15) is 51.5 Å². The zero-order chi connectivity index (χ0) is 14.2. The van der Waals surface area contributed by atoms with Gasteiger partial charge in [0, 0.05) is 24.0 Å². The van der Waals surface area contributed by atoms with Crippen molar-refractivity contribution in [3.05, 3.63) is 30.1 Å². The zero-order valence-electron chi connectivity index (χ0n) is 13.2. The van der Waals surface area contributed by atoms with Crippen LogP contribution in [0, 0.1) is 11.8 Å². The van der Waals surface area contributed by atoms with Crippen molar-refractivity contribution in [2.75, 3.05) is 7.05 Å². The summed E-state index contributed by atoms with van der Waals surface area (Å²) in [5, 5.41) is 0. The highest BCUT2D eigenvalue weighted by Gasteiger charge is 2.69. The lowest BCUT2D eigenvalue weighted by molar-refractivity contribution is 0.278. The Balaban J connectivity index is 0.000000581. The van der Waals surface area contributed by atoms with Crippen LogP contribution in [0.15, 0.2) is 24.5 Å². The molecule has 1 aromatic rings. The van der Waals surface area contributed by atoms with E-state index in [9.17, 15) is 0 Å². The van der Waals surface area contributed by atoms with Gasteiger partial charge in [0.1, 0.15) is 0 Å². The fourth-order valence-electron chi connectivity index (χ4n) is 5.19. The maximum absolute atomic E-state index is 4.26. The van der Waals surface area contributed by atoms with Gasteiger partial charge in [-0.3, -0.25) is 9.88 Å². The van der Waals surface area contributed by atoms with Gasteiger partial charge in [0.15, 0.2) is 0 Å². The molecule has 0 bridgehead atoms. The van der Waals surface area contributed by atoms with Crippen molar-refractivity contribution < 1.29 is 0 Å². The number of likely N-dealkylation sites (N-methyl/N-ethyl adjacent to an activating group) is 1. The molecule has 1 aliphatic heterocycles. The third kappa shape index (κ3) is 2.00. The molecule has 0 radical (unpaired) electrons. The SMILES string of the molecule is CC.CN1C2C(Cc3cccnc3)CCC3CCCC321. The lowest BCUT2D eigenvalue weighted by Gasteiger charge is -2.29. The molecule has 2 aliphatic carbocycles. The molecule has 3 aliphatic rings. The van der Waals surface area contributed by atoms with E-state index in [0.29, 0.717) is 5.54 Å². The normalized spacial score (nSPS) is 41.1. The second-order valence-corrected chi connectivity index (χ2v) is 6.54. The summed E-state index contributed by atoms with van der Waals surface area (Å²) >= 11 is 0. The number of hydrogen-bond donors (Lipinski definition) is 0. The number of likely N-dealkylation sites (tertiary alicyclic amines) is 1. The second-order valence-electron chi connectivity index (χ2n) is 6.54. The van der Waals surface area contributed by atoms with Crippen molar-refractivity contribution in [1.82, 2.24) is 9.88 Å². The Kier molecular flexibility index (Phi) is 3.85. The Bertz CT molecular complexity index is 444. The summed E-state index contributed by atoms with van der Waals surface area (Å²) in [6.07, 6.45) is 12.5. The average molecular weight is 272 g/mol. The minimum Gasteiger partial charge on any atom is -0.294 e. The van der Waals surface area contributed by atoms with Crippen molar-refractivity contribution in [3.8, 4) is 0 Å². The number of pyridine rings is 1. The molecule has 2 heteroatoms. The molecule has 2 heterocycles. The fraction of sp³-hybridized carbons (Fsp3) is 0.722. The lowest BCUT2D eigenvalue weighted by atomic mass is 9.74. The molecular formula is C18H28N2. The van der Waals surface area contributed by atoms with Gasteiger partial charge in [-0.05, 0) is 62.6 Å². The van der Waals surface area contributed by atoms with Crippen molar-refractivity contribution in [1.29, 1.82) is 0 Å². The number of nitrogens with zero attached hydrogens (tertiary/aromatic N) is 2.